The van der Waals surface area contributed by atoms with Gasteiger partial charge in [-0.05, 0) is 35.5 Å². The highest BCUT2D eigenvalue weighted by Crippen LogP contribution is 2.14. The average molecular weight is 326 g/mol. The maximum absolute atomic E-state index is 3.89. The second-order valence-corrected chi connectivity index (χ2v) is 5.23. The summed E-state index contributed by atoms with van der Waals surface area (Å²) >= 11 is 0. The van der Waals surface area contributed by atoms with E-state index < -0.39 is 0 Å². The Morgan fingerprint density at radius 2 is 1.08 bits per heavy atom. The van der Waals surface area contributed by atoms with Gasteiger partial charge in [-0.15, -0.1) is 10.2 Å². The van der Waals surface area contributed by atoms with Gasteiger partial charge in [0.05, 0.1) is 11.9 Å². The molecule has 1 heterocycles. The molecule has 0 aliphatic carbocycles. The van der Waals surface area contributed by atoms with Crippen molar-refractivity contribution in [2.45, 2.75) is 0 Å². The van der Waals surface area contributed by atoms with Crippen molar-refractivity contribution in [3.8, 4) is 11.3 Å². The summed E-state index contributed by atoms with van der Waals surface area (Å²) in [7, 11) is 0. The van der Waals surface area contributed by atoms with Gasteiger partial charge in [0.2, 0.25) is 0 Å². The second-order valence-electron chi connectivity index (χ2n) is 5.23. The summed E-state index contributed by atoms with van der Waals surface area (Å²) in [4.78, 5) is 0. The van der Waals surface area contributed by atoms with E-state index >= 15 is 0 Å². The molecule has 0 aliphatic rings. The lowest BCUT2D eigenvalue weighted by Crippen LogP contribution is -1.88. The zero-order chi connectivity index (χ0) is 17.2. The fourth-order valence-corrected chi connectivity index (χ4v) is 2.21. The van der Waals surface area contributed by atoms with E-state index in [1.807, 2.05) is 97.1 Å². The molecule has 4 aromatic rings. The molecule has 122 valence electrons. The lowest BCUT2D eigenvalue weighted by Gasteiger charge is -2.04. The quantitative estimate of drug-likeness (QED) is 0.577. The first-order chi connectivity index (χ1) is 12.4. The van der Waals surface area contributed by atoms with Gasteiger partial charge in [0, 0.05) is 16.9 Å². The van der Waals surface area contributed by atoms with Gasteiger partial charge in [-0.2, -0.15) is 0 Å². The SMILES string of the molecule is c1ccc(-c2ccnnn2)cc1.c1ccc(Nc2ccccc2)cc1. The zero-order valence-electron chi connectivity index (χ0n) is 13.7. The molecule has 4 heteroatoms. The smallest absolute Gasteiger partial charge is 0.0963 e. The van der Waals surface area contributed by atoms with Crippen molar-refractivity contribution in [1.29, 1.82) is 0 Å². The Hall–Kier alpha value is -3.53. The van der Waals surface area contributed by atoms with Crippen LogP contribution in [0.4, 0.5) is 11.4 Å². The summed E-state index contributed by atoms with van der Waals surface area (Å²) in [5, 5.41) is 14.4. The molecule has 0 saturated carbocycles. The third kappa shape index (κ3) is 5.25. The van der Waals surface area contributed by atoms with Gasteiger partial charge in [-0.3, -0.25) is 0 Å². The first kappa shape index (κ1) is 16.3. The van der Waals surface area contributed by atoms with Gasteiger partial charge >= 0.3 is 0 Å². The minimum Gasteiger partial charge on any atom is -0.356 e. The summed E-state index contributed by atoms with van der Waals surface area (Å²) in [5.41, 5.74) is 4.15. The summed E-state index contributed by atoms with van der Waals surface area (Å²) in [5.74, 6) is 0. The van der Waals surface area contributed by atoms with Crippen LogP contribution in [0.5, 0.6) is 0 Å². The molecular weight excluding hydrogens is 308 g/mol. The molecule has 0 unspecified atom stereocenters. The average Bonchev–Trinajstić information content (AvgIpc) is 2.71. The largest absolute Gasteiger partial charge is 0.356 e. The molecule has 25 heavy (non-hydrogen) atoms. The van der Waals surface area contributed by atoms with Crippen molar-refractivity contribution in [2.75, 3.05) is 5.32 Å². The van der Waals surface area contributed by atoms with Crippen molar-refractivity contribution < 1.29 is 0 Å². The monoisotopic (exact) mass is 326 g/mol. The highest BCUT2D eigenvalue weighted by Gasteiger charge is 1.95. The molecule has 4 rings (SSSR count). The van der Waals surface area contributed by atoms with Crippen molar-refractivity contribution in [3.63, 3.8) is 0 Å². The van der Waals surface area contributed by atoms with Crippen LogP contribution in [0, 0.1) is 0 Å². The van der Waals surface area contributed by atoms with Crippen molar-refractivity contribution >= 4 is 11.4 Å². The molecular formula is C21H18N4. The molecule has 3 aromatic carbocycles. The lowest BCUT2D eigenvalue weighted by molar-refractivity contribution is 0.870. The first-order valence-electron chi connectivity index (χ1n) is 7.99. The highest BCUT2D eigenvalue weighted by molar-refractivity contribution is 5.59. The van der Waals surface area contributed by atoms with Crippen molar-refractivity contribution in [2.24, 2.45) is 0 Å². The molecule has 0 bridgehead atoms. The maximum Gasteiger partial charge on any atom is 0.0963 e. The number of hydrogen-bond acceptors (Lipinski definition) is 4. The summed E-state index contributed by atoms with van der Waals surface area (Å²) in [6.07, 6.45) is 1.63. The molecule has 0 spiro atoms. The van der Waals surface area contributed by atoms with Crippen LogP contribution in [0.25, 0.3) is 11.3 Å². The van der Waals surface area contributed by atoms with E-state index in [0.29, 0.717) is 0 Å². The van der Waals surface area contributed by atoms with Crippen LogP contribution in [0.2, 0.25) is 0 Å². The molecule has 0 aliphatic heterocycles. The van der Waals surface area contributed by atoms with E-state index in [2.05, 4.69) is 20.7 Å². The number of para-hydroxylation sites is 2. The Balaban J connectivity index is 0.000000146. The van der Waals surface area contributed by atoms with E-state index in [4.69, 9.17) is 0 Å². The standard InChI is InChI=1S/C12H11N.C9H7N3/c1-3-7-11(8-4-1)13-12-9-5-2-6-10-12;1-2-4-8(5-3-1)9-6-7-10-12-11-9/h1-10,13H;1-7H. The predicted molar refractivity (Wildman–Crippen MR) is 101 cm³/mol. The maximum atomic E-state index is 3.89. The van der Waals surface area contributed by atoms with E-state index in [9.17, 15) is 0 Å². The Bertz CT molecular complexity index is 776. The number of hydrogen-bond donors (Lipinski definition) is 1. The normalized spacial score (nSPS) is 9.60. The first-order valence-corrected chi connectivity index (χ1v) is 7.99. The predicted octanol–water partition coefficient (Wildman–Crippen LogP) is 4.97. The highest BCUT2D eigenvalue weighted by atomic mass is 15.3. The fraction of sp³-hybridized carbons (Fsp3) is 0. The number of rotatable bonds is 3. The van der Waals surface area contributed by atoms with Crippen molar-refractivity contribution in [3.05, 3.63) is 103 Å². The Labute approximate surface area is 147 Å². The summed E-state index contributed by atoms with van der Waals surface area (Å²) in [6.45, 7) is 0. The molecule has 0 amide bonds. The number of nitrogens with one attached hydrogen (secondary N) is 1. The van der Waals surface area contributed by atoms with Gasteiger partial charge in [0.15, 0.2) is 0 Å². The Kier molecular flexibility index (Phi) is 5.84. The molecule has 1 aromatic heterocycles. The molecule has 0 atom stereocenters. The molecule has 0 radical (unpaired) electrons. The molecule has 4 nitrogen and oxygen atoms in total. The zero-order valence-corrected chi connectivity index (χ0v) is 13.7. The number of anilines is 2. The van der Waals surface area contributed by atoms with Gasteiger partial charge in [-0.1, -0.05) is 66.7 Å². The molecule has 0 fully saturated rings. The van der Waals surface area contributed by atoms with Gasteiger partial charge in [-0.25, -0.2) is 0 Å². The van der Waals surface area contributed by atoms with E-state index in [1.54, 1.807) is 6.20 Å². The molecule has 1 N–H and O–H groups in total. The van der Waals surface area contributed by atoms with Crippen LogP contribution >= 0.6 is 0 Å². The van der Waals surface area contributed by atoms with Crippen molar-refractivity contribution in [1.82, 2.24) is 15.4 Å². The number of aromatic nitrogens is 3. The Morgan fingerprint density at radius 1 is 0.560 bits per heavy atom. The van der Waals surface area contributed by atoms with E-state index in [1.165, 1.54) is 0 Å². The number of nitrogens with zero attached hydrogens (tertiary/aromatic N) is 3. The third-order valence-corrected chi connectivity index (χ3v) is 3.41. The van der Waals surface area contributed by atoms with E-state index in [0.717, 1.165) is 22.6 Å². The second kappa shape index (κ2) is 8.93. The molecule has 0 saturated heterocycles. The van der Waals surface area contributed by atoms with Gasteiger partial charge in [0.1, 0.15) is 0 Å². The topological polar surface area (TPSA) is 50.7 Å². The van der Waals surface area contributed by atoms with Crippen LogP contribution < -0.4 is 5.32 Å². The van der Waals surface area contributed by atoms with Crippen LogP contribution in [0.15, 0.2) is 103 Å². The fourth-order valence-electron chi connectivity index (χ4n) is 2.21. The van der Waals surface area contributed by atoms with Crippen LogP contribution in [-0.2, 0) is 0 Å². The summed E-state index contributed by atoms with van der Waals surface area (Å²) in [6, 6.07) is 32.0. The van der Waals surface area contributed by atoms with Gasteiger partial charge < -0.3 is 5.32 Å². The van der Waals surface area contributed by atoms with Crippen LogP contribution in [0.3, 0.4) is 0 Å². The van der Waals surface area contributed by atoms with E-state index in [-0.39, 0.29) is 0 Å². The summed E-state index contributed by atoms with van der Waals surface area (Å²) < 4.78 is 0. The minimum atomic E-state index is 0.852. The van der Waals surface area contributed by atoms with Gasteiger partial charge in [0.25, 0.3) is 0 Å². The minimum absolute atomic E-state index is 0.852. The third-order valence-electron chi connectivity index (χ3n) is 3.41. The van der Waals surface area contributed by atoms with Crippen LogP contribution in [0.1, 0.15) is 0 Å². The lowest BCUT2D eigenvalue weighted by atomic mass is 10.2. The van der Waals surface area contributed by atoms with Crippen LogP contribution in [-0.4, -0.2) is 15.4 Å². The number of benzene rings is 3. The Morgan fingerprint density at radius 3 is 1.56 bits per heavy atom.